The third kappa shape index (κ3) is 7.76. The summed E-state index contributed by atoms with van der Waals surface area (Å²) in [5.41, 5.74) is 0. The minimum atomic E-state index is 0.945. The summed E-state index contributed by atoms with van der Waals surface area (Å²) in [7, 11) is 4.03. The summed E-state index contributed by atoms with van der Waals surface area (Å²) in [4.78, 5) is 8.65. The molecule has 0 aliphatic heterocycles. The average Bonchev–Trinajstić information content (AvgIpc) is 2.65. The van der Waals surface area contributed by atoms with Gasteiger partial charge in [-0.1, -0.05) is 48.5 Å². The van der Waals surface area contributed by atoms with Crippen LogP contribution in [-0.2, 0) is 14.1 Å². The highest BCUT2D eigenvalue weighted by Crippen LogP contribution is 2.09. The van der Waals surface area contributed by atoms with E-state index in [1.54, 1.807) is 0 Å². The summed E-state index contributed by atoms with van der Waals surface area (Å²) >= 11 is 0. The van der Waals surface area contributed by atoms with Crippen LogP contribution in [0.4, 0.5) is 11.9 Å². The van der Waals surface area contributed by atoms with Crippen molar-refractivity contribution in [2.75, 3.05) is 23.7 Å². The topological polar surface area (TPSA) is 57.6 Å². The van der Waals surface area contributed by atoms with Gasteiger partial charge in [-0.3, -0.25) is 10.6 Å². The van der Waals surface area contributed by atoms with E-state index in [4.69, 9.17) is 0 Å². The van der Waals surface area contributed by atoms with E-state index in [-0.39, 0.29) is 0 Å². The summed E-state index contributed by atoms with van der Waals surface area (Å²) < 4.78 is 4.03. The lowest BCUT2D eigenvalue weighted by atomic mass is 10.1. The minimum Gasteiger partial charge on any atom is -0.274 e. The molecule has 6 nitrogen and oxygen atoms in total. The van der Waals surface area contributed by atoms with Crippen molar-refractivity contribution in [2.24, 2.45) is 14.1 Å². The number of nitrogens with zero attached hydrogens (tertiary/aromatic N) is 4. The van der Waals surface area contributed by atoms with E-state index in [0.29, 0.717) is 0 Å². The second-order valence-corrected chi connectivity index (χ2v) is 6.79. The zero-order valence-electron chi connectivity index (χ0n) is 16.3. The van der Waals surface area contributed by atoms with Gasteiger partial charge in [0, 0.05) is 12.1 Å². The molecule has 0 aliphatic carbocycles. The lowest BCUT2D eigenvalue weighted by Crippen LogP contribution is -2.33. The van der Waals surface area contributed by atoms with Crippen molar-refractivity contribution in [3.63, 3.8) is 0 Å². The van der Waals surface area contributed by atoms with Gasteiger partial charge in [0.25, 0.3) is 0 Å². The van der Waals surface area contributed by atoms with Crippen molar-refractivity contribution in [3.05, 3.63) is 36.9 Å². The van der Waals surface area contributed by atoms with Crippen LogP contribution in [-0.4, -0.2) is 23.1 Å². The van der Waals surface area contributed by atoms with Crippen molar-refractivity contribution in [1.82, 2.24) is 9.97 Å². The highest BCUT2D eigenvalue weighted by molar-refractivity contribution is 5.15. The standard InChI is InChI=1S/C20H32N6/c1-25-17-11-15-23-19(25)21-13-9-7-5-3-4-6-8-10-14-22-20-24-16-12-18-26(20)2/h11-12,15-18H,3-10,13-14H2,1-2H3/p+2. The monoisotopic (exact) mass is 358 g/mol. The molecule has 142 valence electrons. The van der Waals surface area contributed by atoms with Gasteiger partial charge in [-0.2, -0.15) is 0 Å². The molecule has 0 saturated carbocycles. The first kappa shape index (κ1) is 20.1. The molecule has 0 fully saturated rings. The molecule has 0 saturated heterocycles. The van der Waals surface area contributed by atoms with Gasteiger partial charge in [-0.05, 0) is 12.8 Å². The van der Waals surface area contributed by atoms with E-state index in [9.17, 15) is 0 Å². The van der Waals surface area contributed by atoms with Crippen LogP contribution in [0.25, 0.3) is 0 Å². The quantitative estimate of drug-likeness (QED) is 0.427. The van der Waals surface area contributed by atoms with Crippen molar-refractivity contribution in [3.8, 4) is 0 Å². The molecule has 0 aliphatic rings. The molecule has 0 spiro atoms. The zero-order valence-corrected chi connectivity index (χ0v) is 16.3. The van der Waals surface area contributed by atoms with Gasteiger partial charge in [0.15, 0.2) is 0 Å². The van der Waals surface area contributed by atoms with Crippen LogP contribution >= 0.6 is 0 Å². The van der Waals surface area contributed by atoms with E-state index in [2.05, 4.69) is 20.6 Å². The maximum Gasteiger partial charge on any atom is 0.391 e. The Labute approximate surface area is 157 Å². The van der Waals surface area contributed by atoms with Crippen molar-refractivity contribution < 1.29 is 9.13 Å². The Morgan fingerprint density at radius 3 is 1.42 bits per heavy atom. The predicted molar refractivity (Wildman–Crippen MR) is 105 cm³/mol. The molecule has 0 unspecified atom stereocenters. The van der Waals surface area contributed by atoms with E-state index < -0.39 is 0 Å². The Morgan fingerprint density at radius 1 is 0.654 bits per heavy atom. The highest BCUT2D eigenvalue weighted by atomic mass is 15.2. The Hall–Kier alpha value is -2.24. The molecular formula is C20H34N6+2. The fourth-order valence-electron chi connectivity index (χ4n) is 2.94. The molecule has 0 bridgehead atoms. The van der Waals surface area contributed by atoms with Crippen LogP contribution in [0.3, 0.4) is 0 Å². The lowest BCUT2D eigenvalue weighted by Gasteiger charge is -2.04. The largest absolute Gasteiger partial charge is 0.391 e. The van der Waals surface area contributed by atoms with Gasteiger partial charge in [0.1, 0.15) is 12.4 Å². The summed E-state index contributed by atoms with van der Waals surface area (Å²) in [5.74, 6) is 1.89. The second kappa shape index (κ2) is 12.2. The van der Waals surface area contributed by atoms with Gasteiger partial charge in [-0.15, -0.1) is 0 Å². The predicted octanol–water partition coefficient (Wildman–Crippen LogP) is 2.77. The third-order valence-corrected chi connectivity index (χ3v) is 4.52. The van der Waals surface area contributed by atoms with Crippen molar-refractivity contribution >= 4 is 11.9 Å². The SMILES string of the molecule is C[n+]1cccnc1NCCCCCCCCCCNc1nccc[n+]1C. The van der Waals surface area contributed by atoms with Gasteiger partial charge in [-0.25, -0.2) is 9.13 Å². The Balaban J connectivity index is 1.37. The molecule has 2 rings (SSSR count). The summed E-state index contributed by atoms with van der Waals surface area (Å²) in [5, 5.41) is 6.79. The number of hydrogen-bond acceptors (Lipinski definition) is 4. The first-order valence-corrected chi connectivity index (χ1v) is 9.86. The summed E-state index contributed by atoms with van der Waals surface area (Å²) in [6, 6.07) is 3.89. The molecule has 0 atom stereocenters. The fourth-order valence-corrected chi connectivity index (χ4v) is 2.94. The third-order valence-electron chi connectivity index (χ3n) is 4.52. The van der Waals surface area contributed by atoms with Crippen LogP contribution in [0.15, 0.2) is 36.9 Å². The van der Waals surface area contributed by atoms with Crippen LogP contribution in [0.1, 0.15) is 51.4 Å². The molecular weight excluding hydrogens is 324 g/mol. The smallest absolute Gasteiger partial charge is 0.274 e. The summed E-state index contributed by atoms with van der Waals surface area (Å²) in [6.45, 7) is 2.00. The van der Waals surface area contributed by atoms with E-state index in [1.165, 1.54) is 51.4 Å². The van der Waals surface area contributed by atoms with E-state index >= 15 is 0 Å². The van der Waals surface area contributed by atoms with Crippen molar-refractivity contribution in [2.45, 2.75) is 51.4 Å². The first-order chi connectivity index (χ1) is 12.8. The number of anilines is 2. The molecule has 2 heterocycles. The van der Waals surface area contributed by atoms with Crippen LogP contribution in [0, 0.1) is 0 Å². The van der Waals surface area contributed by atoms with Gasteiger partial charge < -0.3 is 0 Å². The highest BCUT2D eigenvalue weighted by Gasteiger charge is 2.05. The maximum absolute atomic E-state index is 4.33. The number of unbranched alkanes of at least 4 members (excludes halogenated alkanes) is 7. The number of rotatable bonds is 13. The number of nitrogens with one attached hydrogen (secondary N) is 2. The Kier molecular flexibility index (Phi) is 9.40. The molecule has 0 amide bonds. The average molecular weight is 359 g/mol. The molecule has 0 radical (unpaired) electrons. The second-order valence-electron chi connectivity index (χ2n) is 6.79. The van der Waals surface area contributed by atoms with Crippen LogP contribution < -0.4 is 19.8 Å². The van der Waals surface area contributed by atoms with Crippen molar-refractivity contribution in [1.29, 1.82) is 0 Å². The zero-order chi connectivity index (χ0) is 18.5. The van der Waals surface area contributed by atoms with Crippen LogP contribution in [0.2, 0.25) is 0 Å². The first-order valence-electron chi connectivity index (χ1n) is 9.86. The number of hydrogen-bond donors (Lipinski definition) is 2. The Bertz CT molecular complexity index is 576. The molecule has 2 N–H and O–H groups in total. The molecule has 0 aromatic carbocycles. The van der Waals surface area contributed by atoms with Crippen LogP contribution in [0.5, 0.6) is 0 Å². The lowest BCUT2D eigenvalue weighted by molar-refractivity contribution is -0.659. The fraction of sp³-hybridized carbons (Fsp3) is 0.600. The molecule has 6 heteroatoms. The molecule has 26 heavy (non-hydrogen) atoms. The molecule has 2 aromatic rings. The normalized spacial score (nSPS) is 10.7. The van der Waals surface area contributed by atoms with Gasteiger partial charge in [0.05, 0.1) is 39.6 Å². The van der Waals surface area contributed by atoms with Gasteiger partial charge in [0.2, 0.25) is 0 Å². The molecule has 2 aromatic heterocycles. The maximum atomic E-state index is 4.33. The minimum absolute atomic E-state index is 0.945. The van der Waals surface area contributed by atoms with E-state index in [0.717, 1.165) is 25.0 Å². The Morgan fingerprint density at radius 2 is 1.04 bits per heavy atom. The number of aromatic nitrogens is 4. The van der Waals surface area contributed by atoms with Gasteiger partial charge >= 0.3 is 11.9 Å². The number of aryl methyl sites for hydroxylation is 2. The van der Waals surface area contributed by atoms with E-state index in [1.807, 2.05) is 60.1 Å². The summed E-state index contributed by atoms with van der Waals surface area (Å²) in [6.07, 6.45) is 18.0.